The van der Waals surface area contributed by atoms with Crippen molar-refractivity contribution in [1.29, 1.82) is 0 Å². The van der Waals surface area contributed by atoms with Crippen LogP contribution in [0.15, 0.2) is 47.8 Å². The van der Waals surface area contributed by atoms with Crippen LogP contribution in [0.3, 0.4) is 0 Å². The van der Waals surface area contributed by atoms with Gasteiger partial charge in [0.1, 0.15) is 0 Å². The number of allylic oxidation sites excluding steroid dienone is 1. The number of fused-ring (bicyclic) bond motifs is 1. The minimum Gasteiger partial charge on any atom is -0.457 e. The molecular weight excluding hydrogens is 370 g/mol. The highest BCUT2D eigenvalue weighted by atomic mass is 16.5. The summed E-state index contributed by atoms with van der Waals surface area (Å²) in [6, 6.07) is 9.19. The Labute approximate surface area is 168 Å². The highest BCUT2D eigenvalue weighted by Gasteiger charge is 2.17. The van der Waals surface area contributed by atoms with Gasteiger partial charge in [-0.05, 0) is 32.0 Å². The van der Waals surface area contributed by atoms with E-state index < -0.39 is 5.97 Å². The van der Waals surface area contributed by atoms with Crippen LogP contribution >= 0.6 is 0 Å². The number of ether oxygens (including phenoxy) is 1. The number of hydrogen-bond donors (Lipinski definition) is 0. The van der Waals surface area contributed by atoms with Crippen molar-refractivity contribution in [3.05, 3.63) is 70.4 Å². The number of hydrogen-bond acceptors (Lipinski definition) is 4. The lowest BCUT2D eigenvalue weighted by Gasteiger charge is -2.07. The van der Waals surface area contributed by atoms with Gasteiger partial charge in [0, 0.05) is 37.1 Å². The molecule has 2 heterocycles. The van der Waals surface area contributed by atoms with E-state index in [-0.39, 0.29) is 31.0 Å². The standard InChI is InChI=1S/C22H25N3O4/c1-5-11-24-15(2)13-17(16(24)3)20(26)14-29-21(27)10-12-25-19-9-7-6-8-18(19)23(4)22(25)28/h5-9,13H,1,10-12,14H2,2-4H3. The van der Waals surface area contributed by atoms with Crippen molar-refractivity contribution in [2.24, 2.45) is 7.05 Å². The molecule has 0 saturated carbocycles. The van der Waals surface area contributed by atoms with Crippen LogP contribution in [0.1, 0.15) is 28.2 Å². The van der Waals surface area contributed by atoms with Gasteiger partial charge in [0.05, 0.1) is 17.5 Å². The molecule has 3 aromatic rings. The van der Waals surface area contributed by atoms with Gasteiger partial charge in [-0.15, -0.1) is 6.58 Å². The highest BCUT2D eigenvalue weighted by molar-refractivity contribution is 5.99. The van der Waals surface area contributed by atoms with Crippen LogP contribution < -0.4 is 5.69 Å². The quantitative estimate of drug-likeness (QED) is 0.334. The molecule has 0 fully saturated rings. The predicted molar refractivity (Wildman–Crippen MR) is 111 cm³/mol. The molecule has 29 heavy (non-hydrogen) atoms. The van der Waals surface area contributed by atoms with Gasteiger partial charge >= 0.3 is 11.7 Å². The van der Waals surface area contributed by atoms with Crippen LogP contribution in [-0.2, 0) is 29.7 Å². The third kappa shape index (κ3) is 3.94. The van der Waals surface area contributed by atoms with Crippen molar-refractivity contribution in [2.75, 3.05) is 6.61 Å². The lowest BCUT2D eigenvalue weighted by Crippen LogP contribution is -2.24. The van der Waals surface area contributed by atoms with Crippen molar-refractivity contribution in [2.45, 2.75) is 33.4 Å². The fourth-order valence-electron chi connectivity index (χ4n) is 3.57. The Hall–Kier alpha value is -3.35. The van der Waals surface area contributed by atoms with Crippen molar-refractivity contribution in [1.82, 2.24) is 13.7 Å². The molecule has 0 bridgehead atoms. The molecule has 3 rings (SSSR count). The lowest BCUT2D eigenvalue weighted by atomic mass is 10.1. The van der Waals surface area contributed by atoms with E-state index in [1.54, 1.807) is 28.3 Å². The fraction of sp³-hybridized carbons (Fsp3) is 0.318. The molecule has 7 nitrogen and oxygen atoms in total. The number of rotatable bonds is 8. The van der Waals surface area contributed by atoms with E-state index >= 15 is 0 Å². The first-order valence-electron chi connectivity index (χ1n) is 9.45. The van der Waals surface area contributed by atoms with Gasteiger partial charge in [-0.2, -0.15) is 0 Å². The van der Waals surface area contributed by atoms with E-state index in [2.05, 4.69) is 6.58 Å². The number of benzene rings is 1. The number of ketones is 1. The topological polar surface area (TPSA) is 75.2 Å². The van der Waals surface area contributed by atoms with Gasteiger partial charge in [-0.3, -0.25) is 18.7 Å². The molecule has 0 spiro atoms. The molecule has 1 aromatic carbocycles. The maximum Gasteiger partial charge on any atom is 0.328 e. The average molecular weight is 395 g/mol. The van der Waals surface area contributed by atoms with Crippen molar-refractivity contribution < 1.29 is 14.3 Å². The maximum atomic E-state index is 12.5. The summed E-state index contributed by atoms with van der Waals surface area (Å²) in [6.07, 6.45) is 1.78. The summed E-state index contributed by atoms with van der Waals surface area (Å²) in [5.41, 5.74) is 3.69. The molecule has 0 atom stereocenters. The second kappa shape index (κ2) is 8.34. The van der Waals surface area contributed by atoms with Crippen LogP contribution in [0, 0.1) is 13.8 Å². The zero-order chi connectivity index (χ0) is 21.1. The van der Waals surface area contributed by atoms with Crippen LogP contribution in [0.2, 0.25) is 0 Å². The Kier molecular flexibility index (Phi) is 5.87. The zero-order valence-corrected chi connectivity index (χ0v) is 17.0. The molecule has 0 aliphatic rings. The van der Waals surface area contributed by atoms with Crippen LogP contribution in [0.5, 0.6) is 0 Å². The monoisotopic (exact) mass is 395 g/mol. The van der Waals surface area contributed by atoms with Gasteiger partial charge in [0.15, 0.2) is 6.61 Å². The van der Waals surface area contributed by atoms with Crippen molar-refractivity contribution in [3.63, 3.8) is 0 Å². The second-order valence-corrected chi connectivity index (χ2v) is 7.00. The molecule has 0 saturated heterocycles. The van der Waals surface area contributed by atoms with Gasteiger partial charge < -0.3 is 9.30 Å². The number of para-hydroxylation sites is 2. The van der Waals surface area contributed by atoms with E-state index in [0.29, 0.717) is 12.1 Å². The molecule has 0 amide bonds. The van der Waals surface area contributed by atoms with Gasteiger partial charge in [-0.25, -0.2) is 4.79 Å². The number of imidazole rings is 1. The Morgan fingerprint density at radius 1 is 1.14 bits per heavy atom. The Morgan fingerprint density at radius 2 is 1.83 bits per heavy atom. The van der Waals surface area contributed by atoms with E-state index in [1.807, 2.05) is 42.7 Å². The highest BCUT2D eigenvalue weighted by Crippen LogP contribution is 2.16. The molecule has 0 aliphatic heterocycles. The van der Waals surface area contributed by atoms with Gasteiger partial charge in [0.25, 0.3) is 0 Å². The van der Waals surface area contributed by atoms with Crippen LogP contribution in [-0.4, -0.2) is 32.1 Å². The molecule has 0 unspecified atom stereocenters. The van der Waals surface area contributed by atoms with E-state index in [1.165, 1.54) is 0 Å². The summed E-state index contributed by atoms with van der Waals surface area (Å²) in [6.45, 7) is 7.99. The summed E-state index contributed by atoms with van der Waals surface area (Å²) in [5.74, 6) is -0.762. The van der Waals surface area contributed by atoms with E-state index in [4.69, 9.17) is 4.74 Å². The average Bonchev–Trinajstić information content (AvgIpc) is 3.13. The molecule has 7 heteroatoms. The lowest BCUT2D eigenvalue weighted by molar-refractivity contribution is -0.142. The second-order valence-electron chi connectivity index (χ2n) is 7.00. The minimum atomic E-state index is -0.516. The first-order chi connectivity index (χ1) is 13.8. The Bertz CT molecular complexity index is 1150. The van der Waals surface area contributed by atoms with Crippen molar-refractivity contribution >= 4 is 22.8 Å². The summed E-state index contributed by atoms with van der Waals surface area (Å²) in [4.78, 5) is 37.0. The zero-order valence-electron chi connectivity index (χ0n) is 17.0. The Morgan fingerprint density at radius 3 is 2.52 bits per heavy atom. The summed E-state index contributed by atoms with van der Waals surface area (Å²) >= 11 is 0. The number of Topliss-reactive ketones (excluding diaryl/α,β-unsaturated/α-hetero) is 1. The largest absolute Gasteiger partial charge is 0.457 e. The number of carbonyl (C=O) groups excluding carboxylic acids is 2. The number of nitrogens with zero attached hydrogens (tertiary/aromatic N) is 3. The number of aryl methyl sites for hydroxylation is 3. The fourth-order valence-corrected chi connectivity index (χ4v) is 3.57. The summed E-state index contributed by atoms with van der Waals surface area (Å²) in [7, 11) is 1.70. The third-order valence-electron chi connectivity index (χ3n) is 5.14. The normalized spacial score (nSPS) is 11.0. The molecular formula is C22H25N3O4. The Balaban J connectivity index is 1.62. The van der Waals surface area contributed by atoms with Crippen LogP contribution in [0.25, 0.3) is 11.0 Å². The molecule has 0 radical (unpaired) electrons. The third-order valence-corrected chi connectivity index (χ3v) is 5.14. The maximum absolute atomic E-state index is 12.5. The number of esters is 1. The van der Waals surface area contributed by atoms with Crippen LogP contribution in [0.4, 0.5) is 0 Å². The van der Waals surface area contributed by atoms with Gasteiger partial charge in [0.2, 0.25) is 5.78 Å². The molecule has 152 valence electrons. The smallest absolute Gasteiger partial charge is 0.328 e. The number of carbonyl (C=O) groups is 2. The molecule has 0 aliphatic carbocycles. The predicted octanol–water partition coefficient (Wildman–Crippen LogP) is 2.76. The molecule has 0 N–H and O–H groups in total. The van der Waals surface area contributed by atoms with Crippen molar-refractivity contribution in [3.8, 4) is 0 Å². The summed E-state index contributed by atoms with van der Waals surface area (Å²) in [5, 5.41) is 0. The SMILES string of the molecule is C=CCn1c(C)cc(C(=O)COC(=O)CCn2c(=O)n(C)c3ccccc32)c1C. The minimum absolute atomic E-state index is 0.0106. The molecule has 2 aromatic heterocycles. The van der Waals surface area contributed by atoms with E-state index in [9.17, 15) is 14.4 Å². The van der Waals surface area contributed by atoms with E-state index in [0.717, 1.165) is 22.4 Å². The van der Waals surface area contributed by atoms with Gasteiger partial charge in [-0.1, -0.05) is 18.2 Å². The number of aromatic nitrogens is 3. The summed E-state index contributed by atoms with van der Waals surface area (Å²) < 4.78 is 10.2. The first-order valence-corrected chi connectivity index (χ1v) is 9.45. The first kappa shape index (κ1) is 20.4.